The fraction of sp³-hybridized carbons (Fsp3) is 0.217. The number of carbonyl (C=O) groups is 1. The van der Waals surface area contributed by atoms with Crippen LogP contribution in [0.4, 0.5) is 9.52 Å². The van der Waals surface area contributed by atoms with Gasteiger partial charge in [0.2, 0.25) is 5.91 Å². The first-order valence-corrected chi connectivity index (χ1v) is 12.5. The van der Waals surface area contributed by atoms with Crippen LogP contribution in [0.25, 0.3) is 11.3 Å². The molecule has 0 spiro atoms. The number of benzene rings is 2. The van der Waals surface area contributed by atoms with E-state index in [0.717, 1.165) is 11.3 Å². The third-order valence-corrected chi connectivity index (χ3v) is 7.13. The van der Waals surface area contributed by atoms with Crippen LogP contribution in [-0.2, 0) is 18.4 Å². The van der Waals surface area contributed by atoms with Crippen molar-refractivity contribution in [1.82, 2.24) is 19.7 Å². The zero-order chi connectivity index (χ0) is 24.2. The summed E-state index contributed by atoms with van der Waals surface area (Å²) < 4.78 is 20.5. The summed E-state index contributed by atoms with van der Waals surface area (Å²) in [7, 11) is 1.78. The molecule has 0 bridgehead atoms. The predicted molar refractivity (Wildman–Crippen MR) is 133 cm³/mol. The number of aryl methyl sites for hydroxylation is 2. The number of anilines is 1. The molecule has 176 valence electrons. The highest BCUT2D eigenvalue weighted by Gasteiger charge is 2.14. The summed E-state index contributed by atoms with van der Waals surface area (Å²) in [5.41, 5.74) is 4.27. The fourth-order valence-corrected chi connectivity index (χ4v) is 4.67. The SMILES string of the molecule is Cc1ccc(-c2csc(NC(=O)CSc3nnc(COc4ccc(F)cc4Cl)n3C)n2)cc1C. The number of nitrogens with zero attached hydrogens (tertiary/aromatic N) is 4. The van der Waals surface area contributed by atoms with Gasteiger partial charge in [0.05, 0.1) is 16.5 Å². The number of hydrogen-bond donors (Lipinski definition) is 1. The number of thioether (sulfide) groups is 1. The second-order valence-corrected chi connectivity index (χ2v) is 9.70. The Labute approximate surface area is 209 Å². The average molecular weight is 518 g/mol. The number of ether oxygens (including phenoxy) is 1. The molecule has 0 saturated carbocycles. The average Bonchev–Trinajstić information content (AvgIpc) is 3.40. The lowest BCUT2D eigenvalue weighted by Gasteiger charge is -2.08. The van der Waals surface area contributed by atoms with Crippen LogP contribution in [0.15, 0.2) is 46.9 Å². The predicted octanol–water partition coefficient (Wildman–Crippen LogP) is 5.66. The quantitative estimate of drug-likeness (QED) is 0.304. The number of carbonyl (C=O) groups excluding carboxylic acids is 1. The fourth-order valence-electron chi connectivity index (χ4n) is 2.98. The molecule has 2 aromatic heterocycles. The minimum Gasteiger partial charge on any atom is -0.484 e. The van der Waals surface area contributed by atoms with Gasteiger partial charge in [0.15, 0.2) is 16.1 Å². The van der Waals surface area contributed by atoms with Crippen LogP contribution in [0.2, 0.25) is 5.02 Å². The Morgan fingerprint density at radius 3 is 2.79 bits per heavy atom. The van der Waals surface area contributed by atoms with Crippen molar-refractivity contribution < 1.29 is 13.9 Å². The van der Waals surface area contributed by atoms with Crippen LogP contribution >= 0.6 is 34.7 Å². The Hall–Kier alpha value is -2.95. The molecular formula is C23H21ClFN5O2S2. The molecule has 0 aliphatic heterocycles. The first-order chi connectivity index (χ1) is 16.3. The lowest BCUT2D eigenvalue weighted by atomic mass is 10.1. The van der Waals surface area contributed by atoms with E-state index in [4.69, 9.17) is 16.3 Å². The third-order valence-electron chi connectivity index (χ3n) is 5.06. The molecule has 2 heterocycles. The second-order valence-electron chi connectivity index (χ2n) is 7.50. The van der Waals surface area contributed by atoms with Crippen molar-refractivity contribution in [2.24, 2.45) is 7.05 Å². The molecule has 1 N–H and O–H groups in total. The third kappa shape index (κ3) is 5.75. The van der Waals surface area contributed by atoms with Gasteiger partial charge >= 0.3 is 0 Å². The molecule has 0 radical (unpaired) electrons. The number of hydrogen-bond acceptors (Lipinski definition) is 7. The Kier molecular flexibility index (Phi) is 7.50. The van der Waals surface area contributed by atoms with Crippen LogP contribution in [0.1, 0.15) is 17.0 Å². The number of thiazole rings is 1. The Morgan fingerprint density at radius 1 is 1.21 bits per heavy atom. The van der Waals surface area contributed by atoms with Crippen molar-refractivity contribution >= 4 is 45.7 Å². The van der Waals surface area contributed by atoms with Gasteiger partial charge in [-0.25, -0.2) is 9.37 Å². The maximum atomic E-state index is 13.2. The van der Waals surface area contributed by atoms with Crippen LogP contribution < -0.4 is 10.1 Å². The molecule has 11 heteroatoms. The van der Waals surface area contributed by atoms with E-state index >= 15 is 0 Å². The van der Waals surface area contributed by atoms with Crippen LogP contribution in [0.3, 0.4) is 0 Å². The number of amides is 1. The largest absolute Gasteiger partial charge is 0.484 e. The van der Waals surface area contributed by atoms with Gasteiger partial charge in [-0.1, -0.05) is 35.5 Å². The molecule has 4 aromatic rings. The minimum atomic E-state index is -0.438. The van der Waals surface area contributed by atoms with E-state index in [0.29, 0.717) is 21.9 Å². The van der Waals surface area contributed by atoms with Gasteiger partial charge in [0.25, 0.3) is 0 Å². The van der Waals surface area contributed by atoms with Gasteiger partial charge in [0, 0.05) is 18.0 Å². The van der Waals surface area contributed by atoms with Crippen molar-refractivity contribution in [2.45, 2.75) is 25.6 Å². The van der Waals surface area contributed by atoms with E-state index in [-0.39, 0.29) is 23.3 Å². The zero-order valence-corrected chi connectivity index (χ0v) is 21.0. The van der Waals surface area contributed by atoms with Crippen molar-refractivity contribution in [2.75, 3.05) is 11.1 Å². The summed E-state index contributed by atoms with van der Waals surface area (Å²) in [6.07, 6.45) is 0. The number of nitrogens with one attached hydrogen (secondary N) is 1. The van der Waals surface area contributed by atoms with Gasteiger partial charge < -0.3 is 14.6 Å². The molecule has 2 aromatic carbocycles. The van der Waals surface area contributed by atoms with E-state index < -0.39 is 5.82 Å². The maximum Gasteiger partial charge on any atom is 0.236 e. The van der Waals surface area contributed by atoms with Gasteiger partial charge in [-0.05, 0) is 49.2 Å². The van der Waals surface area contributed by atoms with E-state index in [1.165, 1.54) is 52.4 Å². The highest BCUT2D eigenvalue weighted by Crippen LogP contribution is 2.28. The highest BCUT2D eigenvalue weighted by molar-refractivity contribution is 7.99. The lowest BCUT2D eigenvalue weighted by molar-refractivity contribution is -0.113. The van der Waals surface area contributed by atoms with Crippen LogP contribution in [-0.4, -0.2) is 31.4 Å². The standard InChI is InChI=1S/C23H21ClFN5O2S2/c1-13-4-5-15(8-14(13)2)18-11-33-22(26-18)27-21(31)12-34-23-29-28-20(30(23)3)10-32-19-7-6-16(25)9-17(19)24/h4-9,11H,10,12H2,1-3H3,(H,26,27,31). The summed E-state index contributed by atoms with van der Waals surface area (Å²) in [6, 6.07) is 10.1. The van der Waals surface area contributed by atoms with Gasteiger partial charge in [-0.2, -0.15) is 0 Å². The molecule has 1 amide bonds. The first-order valence-electron chi connectivity index (χ1n) is 10.2. The summed E-state index contributed by atoms with van der Waals surface area (Å²) in [6.45, 7) is 4.23. The molecule has 0 unspecified atom stereocenters. The van der Waals surface area contributed by atoms with Gasteiger partial charge in [-0.15, -0.1) is 21.5 Å². The Bertz CT molecular complexity index is 1340. The van der Waals surface area contributed by atoms with Gasteiger partial charge in [0.1, 0.15) is 18.2 Å². The number of halogens is 2. The minimum absolute atomic E-state index is 0.0992. The Balaban J connectivity index is 1.31. The molecule has 0 saturated heterocycles. The van der Waals surface area contributed by atoms with Crippen molar-refractivity contribution in [3.8, 4) is 17.0 Å². The van der Waals surface area contributed by atoms with E-state index in [9.17, 15) is 9.18 Å². The monoisotopic (exact) mass is 517 g/mol. The first kappa shape index (κ1) is 24.2. The van der Waals surface area contributed by atoms with Crippen LogP contribution in [0.5, 0.6) is 5.75 Å². The van der Waals surface area contributed by atoms with Crippen molar-refractivity contribution in [3.63, 3.8) is 0 Å². The molecule has 0 aliphatic rings. The molecule has 4 rings (SSSR count). The van der Waals surface area contributed by atoms with Gasteiger partial charge in [-0.3, -0.25) is 4.79 Å². The summed E-state index contributed by atoms with van der Waals surface area (Å²) in [5.74, 6) is 0.413. The zero-order valence-electron chi connectivity index (χ0n) is 18.6. The van der Waals surface area contributed by atoms with Crippen LogP contribution in [0, 0.1) is 19.7 Å². The molecule has 0 atom stereocenters. The summed E-state index contributed by atoms with van der Waals surface area (Å²) in [5, 5.41) is 14.3. The maximum absolute atomic E-state index is 13.2. The van der Waals surface area contributed by atoms with E-state index in [1.807, 2.05) is 11.4 Å². The van der Waals surface area contributed by atoms with Crippen molar-refractivity contribution in [3.05, 3.63) is 69.6 Å². The summed E-state index contributed by atoms with van der Waals surface area (Å²) >= 11 is 8.61. The number of aromatic nitrogens is 4. The molecular weight excluding hydrogens is 497 g/mol. The molecule has 0 aliphatic carbocycles. The molecule has 34 heavy (non-hydrogen) atoms. The number of rotatable bonds is 8. The topological polar surface area (TPSA) is 81.9 Å². The molecule has 7 nitrogen and oxygen atoms in total. The Morgan fingerprint density at radius 2 is 2.03 bits per heavy atom. The lowest BCUT2D eigenvalue weighted by Crippen LogP contribution is -2.14. The van der Waals surface area contributed by atoms with E-state index in [2.05, 4.69) is 46.5 Å². The smallest absolute Gasteiger partial charge is 0.236 e. The normalized spacial score (nSPS) is 11.0. The van der Waals surface area contributed by atoms with E-state index in [1.54, 1.807) is 11.6 Å². The second kappa shape index (κ2) is 10.5. The highest BCUT2D eigenvalue weighted by atomic mass is 35.5. The van der Waals surface area contributed by atoms with Crippen molar-refractivity contribution in [1.29, 1.82) is 0 Å². The molecule has 0 fully saturated rings. The summed E-state index contributed by atoms with van der Waals surface area (Å²) in [4.78, 5) is 17.0.